The van der Waals surface area contributed by atoms with E-state index in [9.17, 15) is 0 Å². The quantitative estimate of drug-likeness (QED) is 0.179. The molecular weight excluding hydrogens is 585 g/mol. The zero-order valence-electron chi connectivity index (χ0n) is 21.0. The molecule has 1 heterocycles. The average molecular weight is 607 g/mol. The van der Waals surface area contributed by atoms with Gasteiger partial charge in [0.05, 0.1) is 10.9 Å². The van der Waals surface area contributed by atoms with Crippen molar-refractivity contribution < 1.29 is 0 Å². The van der Waals surface area contributed by atoms with Gasteiger partial charge in [0.1, 0.15) is 0 Å². The molecule has 1 unspecified atom stereocenters. The molecule has 1 atom stereocenters. The first-order chi connectivity index (χ1) is 19.2. The number of aromatic nitrogens is 1. The predicted octanol–water partition coefficient (Wildman–Crippen LogP) is 9.94. The number of aromatic amines is 1. The lowest BCUT2D eigenvalue weighted by Gasteiger charge is -2.31. The van der Waals surface area contributed by atoms with Crippen molar-refractivity contribution in [1.82, 2.24) is 4.98 Å². The number of halogens is 1. The summed E-state index contributed by atoms with van der Waals surface area (Å²) in [5.74, 6) is 0. The SMILES string of the molecule is Ic1ccc2c(c1)C1(c3ccccc3-2)c2ccccc2-c2ccc(-c3cccc4c3[nH]c3ccccc34)cc21. The number of hydrogen-bond acceptors (Lipinski definition) is 0. The fraction of sp³-hybridized carbons (Fsp3) is 0.0270. The second kappa shape index (κ2) is 7.71. The van der Waals surface area contributed by atoms with Crippen molar-refractivity contribution in [3.05, 3.63) is 153 Å². The Bertz CT molecular complexity index is 2140. The number of hydrogen-bond donors (Lipinski definition) is 1. The summed E-state index contributed by atoms with van der Waals surface area (Å²) < 4.78 is 1.27. The van der Waals surface area contributed by atoms with Crippen molar-refractivity contribution >= 4 is 44.4 Å². The maximum Gasteiger partial charge on any atom is 0.0726 e. The molecule has 9 rings (SSSR count). The minimum Gasteiger partial charge on any atom is -0.354 e. The van der Waals surface area contributed by atoms with E-state index in [0.717, 1.165) is 0 Å². The summed E-state index contributed by atoms with van der Waals surface area (Å²) in [6.07, 6.45) is 0. The Labute approximate surface area is 240 Å². The Kier molecular flexibility index (Phi) is 4.30. The van der Waals surface area contributed by atoms with Gasteiger partial charge in [0.25, 0.3) is 0 Å². The minimum absolute atomic E-state index is 0.330. The largest absolute Gasteiger partial charge is 0.354 e. The van der Waals surface area contributed by atoms with E-state index in [1.54, 1.807) is 0 Å². The Morgan fingerprint density at radius 2 is 1.05 bits per heavy atom. The highest BCUT2D eigenvalue weighted by Gasteiger charge is 2.51. The van der Waals surface area contributed by atoms with Crippen LogP contribution in [0.25, 0.3) is 55.2 Å². The van der Waals surface area contributed by atoms with Crippen LogP contribution in [0.15, 0.2) is 127 Å². The summed E-state index contributed by atoms with van der Waals surface area (Å²) in [4.78, 5) is 3.73. The van der Waals surface area contributed by atoms with Gasteiger partial charge >= 0.3 is 0 Å². The van der Waals surface area contributed by atoms with Gasteiger partial charge in [0, 0.05) is 25.4 Å². The molecule has 1 spiro atoms. The molecule has 0 saturated carbocycles. The number of benzene rings is 6. The van der Waals surface area contributed by atoms with E-state index in [4.69, 9.17) is 0 Å². The van der Waals surface area contributed by atoms with Crippen molar-refractivity contribution in [3.63, 3.8) is 0 Å². The molecule has 39 heavy (non-hydrogen) atoms. The zero-order valence-corrected chi connectivity index (χ0v) is 23.2. The normalized spacial score (nSPS) is 16.4. The van der Waals surface area contributed by atoms with E-state index in [1.165, 1.54) is 81.0 Å². The Hall–Kier alpha value is -4.15. The number of rotatable bonds is 1. The van der Waals surface area contributed by atoms with Crippen LogP contribution in [0.2, 0.25) is 0 Å². The third-order valence-corrected chi connectivity index (χ3v) is 9.58. The Morgan fingerprint density at radius 3 is 1.85 bits per heavy atom. The fourth-order valence-corrected chi connectivity index (χ4v) is 7.88. The van der Waals surface area contributed by atoms with Crippen LogP contribution >= 0.6 is 22.6 Å². The molecule has 7 aromatic rings. The van der Waals surface area contributed by atoms with E-state index in [1.807, 2.05) is 0 Å². The highest BCUT2D eigenvalue weighted by Crippen LogP contribution is 2.63. The third-order valence-electron chi connectivity index (χ3n) is 8.90. The minimum atomic E-state index is -0.330. The number of nitrogens with one attached hydrogen (secondary N) is 1. The van der Waals surface area contributed by atoms with Crippen LogP contribution in [0.3, 0.4) is 0 Å². The van der Waals surface area contributed by atoms with Gasteiger partial charge in [-0.1, -0.05) is 103 Å². The standard InChI is InChI=1S/C37H22IN/c38-23-17-19-28-26-9-2-5-14-32(26)37(34(28)21-23)31-13-4-1-8-25(31)27-18-16-22(20-33(27)37)24-11-7-12-30-29-10-3-6-15-35(29)39-36(24)30/h1-21,39H. The number of fused-ring (bicyclic) bond motifs is 13. The lowest BCUT2D eigenvalue weighted by Crippen LogP contribution is -2.26. The summed E-state index contributed by atoms with van der Waals surface area (Å²) in [6.45, 7) is 0. The molecule has 0 aliphatic heterocycles. The highest BCUT2D eigenvalue weighted by atomic mass is 127. The first-order valence-electron chi connectivity index (χ1n) is 13.4. The van der Waals surface area contributed by atoms with E-state index >= 15 is 0 Å². The van der Waals surface area contributed by atoms with Gasteiger partial charge in [-0.05, 0) is 96.9 Å². The molecule has 2 aliphatic rings. The van der Waals surface area contributed by atoms with Gasteiger partial charge in [-0.15, -0.1) is 0 Å². The molecule has 0 fully saturated rings. The van der Waals surface area contributed by atoms with Crippen LogP contribution in [0.1, 0.15) is 22.3 Å². The first-order valence-corrected chi connectivity index (χ1v) is 14.5. The van der Waals surface area contributed by atoms with Gasteiger partial charge in [0.2, 0.25) is 0 Å². The van der Waals surface area contributed by atoms with E-state index in [-0.39, 0.29) is 5.41 Å². The van der Waals surface area contributed by atoms with Crippen molar-refractivity contribution in [1.29, 1.82) is 0 Å². The van der Waals surface area contributed by atoms with Gasteiger partial charge in [0.15, 0.2) is 0 Å². The van der Waals surface area contributed by atoms with Crippen LogP contribution in [-0.4, -0.2) is 4.98 Å². The summed E-state index contributed by atoms with van der Waals surface area (Å²) in [5, 5.41) is 2.54. The monoisotopic (exact) mass is 607 g/mol. The molecule has 1 N–H and O–H groups in total. The maximum absolute atomic E-state index is 3.73. The molecule has 1 aromatic heterocycles. The molecule has 0 amide bonds. The fourth-order valence-electron chi connectivity index (χ4n) is 7.39. The van der Waals surface area contributed by atoms with Crippen molar-refractivity contribution in [2.24, 2.45) is 0 Å². The number of H-pyrrole nitrogens is 1. The molecule has 1 nitrogen and oxygen atoms in total. The van der Waals surface area contributed by atoms with Crippen molar-refractivity contribution in [2.45, 2.75) is 5.41 Å². The van der Waals surface area contributed by atoms with E-state index in [0.29, 0.717) is 0 Å². The summed E-state index contributed by atoms with van der Waals surface area (Å²) in [5.41, 5.74) is 15.4. The molecule has 0 bridgehead atoms. The molecular formula is C37H22IN. The number of para-hydroxylation sites is 2. The summed E-state index contributed by atoms with van der Waals surface area (Å²) >= 11 is 2.47. The average Bonchev–Trinajstić information content (AvgIpc) is 3.60. The van der Waals surface area contributed by atoms with E-state index < -0.39 is 0 Å². The molecule has 0 radical (unpaired) electrons. The lowest BCUT2D eigenvalue weighted by atomic mass is 9.70. The topological polar surface area (TPSA) is 15.8 Å². The molecule has 2 heteroatoms. The second-order valence-corrected chi connectivity index (χ2v) is 11.9. The molecule has 6 aromatic carbocycles. The van der Waals surface area contributed by atoms with Gasteiger partial charge in [-0.3, -0.25) is 0 Å². The smallest absolute Gasteiger partial charge is 0.0726 e. The highest BCUT2D eigenvalue weighted by molar-refractivity contribution is 14.1. The first kappa shape index (κ1) is 21.7. The molecule has 182 valence electrons. The van der Waals surface area contributed by atoms with Crippen LogP contribution < -0.4 is 0 Å². The Balaban J connectivity index is 1.40. The van der Waals surface area contributed by atoms with Crippen LogP contribution in [-0.2, 0) is 5.41 Å². The van der Waals surface area contributed by atoms with Crippen molar-refractivity contribution in [3.8, 4) is 33.4 Å². The maximum atomic E-state index is 3.73. The van der Waals surface area contributed by atoms with Crippen LogP contribution in [0.4, 0.5) is 0 Å². The third kappa shape index (κ3) is 2.70. The van der Waals surface area contributed by atoms with Crippen molar-refractivity contribution in [2.75, 3.05) is 0 Å². The lowest BCUT2D eigenvalue weighted by molar-refractivity contribution is 0.793. The van der Waals surface area contributed by atoms with Gasteiger partial charge in [-0.2, -0.15) is 0 Å². The molecule has 0 saturated heterocycles. The summed E-state index contributed by atoms with van der Waals surface area (Å²) in [7, 11) is 0. The molecule has 2 aliphatic carbocycles. The summed E-state index contributed by atoms with van der Waals surface area (Å²) in [6, 6.07) is 47.4. The van der Waals surface area contributed by atoms with Crippen LogP contribution in [0, 0.1) is 3.57 Å². The predicted molar refractivity (Wildman–Crippen MR) is 170 cm³/mol. The second-order valence-electron chi connectivity index (χ2n) is 10.7. The van der Waals surface area contributed by atoms with Gasteiger partial charge < -0.3 is 4.98 Å². The van der Waals surface area contributed by atoms with Gasteiger partial charge in [-0.25, -0.2) is 0 Å². The van der Waals surface area contributed by atoms with E-state index in [2.05, 4.69) is 155 Å². The zero-order chi connectivity index (χ0) is 25.7. The Morgan fingerprint density at radius 1 is 0.462 bits per heavy atom. The van der Waals surface area contributed by atoms with Crippen LogP contribution in [0.5, 0.6) is 0 Å².